The molecule has 35 heavy (non-hydrogen) atoms. The topological polar surface area (TPSA) is 77.1 Å². The molecule has 0 unspecified atom stereocenters. The first-order chi connectivity index (χ1) is 17.0. The second kappa shape index (κ2) is 13.0. The molecule has 0 radical (unpaired) electrons. The van der Waals surface area contributed by atoms with Gasteiger partial charge < -0.3 is 24.4 Å². The SMILES string of the molecule is CC[C@@H](C(=O)NC1CCCC1)N(Cc1cccc(OC)c1)C(=O)CCc1ccc(OC)c(OC)c1. The van der Waals surface area contributed by atoms with Crippen LogP contribution in [0.15, 0.2) is 42.5 Å². The lowest BCUT2D eigenvalue weighted by atomic mass is 10.0. The summed E-state index contributed by atoms with van der Waals surface area (Å²) in [6.45, 7) is 2.30. The number of amides is 2. The van der Waals surface area contributed by atoms with E-state index >= 15 is 0 Å². The third kappa shape index (κ3) is 7.13. The van der Waals surface area contributed by atoms with Gasteiger partial charge in [0.05, 0.1) is 21.3 Å². The van der Waals surface area contributed by atoms with Crippen LogP contribution in [0.3, 0.4) is 0 Å². The molecular formula is C28H38N2O5. The van der Waals surface area contributed by atoms with E-state index in [1.54, 1.807) is 26.2 Å². The molecule has 1 aliphatic rings. The van der Waals surface area contributed by atoms with Crippen molar-refractivity contribution in [1.82, 2.24) is 10.2 Å². The highest BCUT2D eigenvalue weighted by Crippen LogP contribution is 2.28. The number of nitrogens with one attached hydrogen (secondary N) is 1. The van der Waals surface area contributed by atoms with E-state index in [0.29, 0.717) is 30.9 Å². The summed E-state index contributed by atoms with van der Waals surface area (Å²) in [6.07, 6.45) is 5.65. The lowest BCUT2D eigenvalue weighted by molar-refractivity contribution is -0.141. The molecule has 2 aromatic carbocycles. The Hall–Kier alpha value is -3.22. The molecule has 1 N–H and O–H groups in total. The summed E-state index contributed by atoms with van der Waals surface area (Å²) < 4.78 is 16.1. The zero-order valence-electron chi connectivity index (χ0n) is 21.3. The van der Waals surface area contributed by atoms with Crippen LogP contribution in [0, 0.1) is 0 Å². The van der Waals surface area contributed by atoms with Crippen LogP contribution in [0.5, 0.6) is 17.2 Å². The van der Waals surface area contributed by atoms with Gasteiger partial charge >= 0.3 is 0 Å². The van der Waals surface area contributed by atoms with Gasteiger partial charge in [-0.2, -0.15) is 0 Å². The van der Waals surface area contributed by atoms with Crippen LogP contribution >= 0.6 is 0 Å². The number of hydrogen-bond acceptors (Lipinski definition) is 5. The molecule has 1 saturated carbocycles. The first-order valence-electron chi connectivity index (χ1n) is 12.4. The number of ether oxygens (including phenoxy) is 3. The van der Waals surface area contributed by atoms with Crippen molar-refractivity contribution in [2.45, 2.75) is 70.5 Å². The number of methoxy groups -OCH3 is 3. The third-order valence-electron chi connectivity index (χ3n) is 6.65. The first kappa shape index (κ1) is 26.4. The van der Waals surface area contributed by atoms with Gasteiger partial charge in [0.15, 0.2) is 11.5 Å². The number of carbonyl (C=O) groups excluding carboxylic acids is 2. The van der Waals surface area contributed by atoms with Gasteiger partial charge in [-0.05, 0) is 61.1 Å². The summed E-state index contributed by atoms with van der Waals surface area (Å²) in [5.41, 5.74) is 1.90. The molecule has 0 aliphatic heterocycles. The van der Waals surface area contributed by atoms with E-state index in [-0.39, 0.29) is 24.3 Å². The third-order valence-corrected chi connectivity index (χ3v) is 6.65. The van der Waals surface area contributed by atoms with Gasteiger partial charge in [0.2, 0.25) is 11.8 Å². The van der Waals surface area contributed by atoms with Crippen molar-refractivity contribution in [2.75, 3.05) is 21.3 Å². The standard InChI is InChI=1S/C28H38N2O5/c1-5-24(28(32)29-22-10-6-7-11-22)30(19-21-9-8-12-23(17-21)33-2)27(31)16-14-20-13-15-25(34-3)26(18-20)35-4/h8-9,12-13,15,17-18,22,24H,5-7,10-11,14,16,19H2,1-4H3,(H,29,32)/t24-/m0/s1. The van der Waals surface area contributed by atoms with Gasteiger partial charge in [-0.3, -0.25) is 9.59 Å². The van der Waals surface area contributed by atoms with Crippen molar-refractivity contribution in [3.8, 4) is 17.2 Å². The molecular weight excluding hydrogens is 444 g/mol. The number of hydrogen-bond donors (Lipinski definition) is 1. The van der Waals surface area contributed by atoms with Crippen LogP contribution in [0.4, 0.5) is 0 Å². The highest BCUT2D eigenvalue weighted by molar-refractivity contribution is 5.88. The zero-order chi connectivity index (χ0) is 25.2. The van der Waals surface area contributed by atoms with Crippen LogP contribution in [0.25, 0.3) is 0 Å². The maximum absolute atomic E-state index is 13.6. The fourth-order valence-electron chi connectivity index (χ4n) is 4.69. The molecule has 7 heteroatoms. The molecule has 190 valence electrons. The monoisotopic (exact) mass is 482 g/mol. The minimum absolute atomic E-state index is 0.0592. The summed E-state index contributed by atoms with van der Waals surface area (Å²) in [4.78, 5) is 28.5. The fraction of sp³-hybridized carbons (Fsp3) is 0.500. The molecule has 0 bridgehead atoms. The Morgan fingerprint density at radius 2 is 1.71 bits per heavy atom. The van der Waals surface area contributed by atoms with Crippen LogP contribution in [0.2, 0.25) is 0 Å². The quantitative estimate of drug-likeness (QED) is 0.482. The van der Waals surface area contributed by atoms with E-state index in [1.807, 2.05) is 49.4 Å². The van der Waals surface area contributed by atoms with Gasteiger partial charge in [-0.15, -0.1) is 0 Å². The molecule has 0 heterocycles. The molecule has 0 spiro atoms. The summed E-state index contributed by atoms with van der Waals surface area (Å²) in [7, 11) is 4.81. The van der Waals surface area contributed by atoms with Gasteiger partial charge in [0.25, 0.3) is 0 Å². The van der Waals surface area contributed by atoms with Crippen molar-refractivity contribution in [3.05, 3.63) is 53.6 Å². The second-order valence-electron chi connectivity index (χ2n) is 8.98. The van der Waals surface area contributed by atoms with Crippen LogP contribution < -0.4 is 19.5 Å². The molecule has 2 amide bonds. The Morgan fingerprint density at radius 3 is 2.37 bits per heavy atom. The maximum Gasteiger partial charge on any atom is 0.243 e. The average Bonchev–Trinajstić information content (AvgIpc) is 3.40. The Labute approximate surface area is 208 Å². The van der Waals surface area contributed by atoms with Crippen LogP contribution in [0.1, 0.15) is 56.6 Å². The number of benzene rings is 2. The van der Waals surface area contributed by atoms with Crippen LogP contribution in [-0.4, -0.2) is 50.1 Å². The fourth-order valence-corrected chi connectivity index (χ4v) is 4.69. The van der Waals surface area contributed by atoms with Crippen molar-refractivity contribution in [2.24, 2.45) is 0 Å². The Kier molecular flexibility index (Phi) is 9.82. The smallest absolute Gasteiger partial charge is 0.243 e. The van der Waals surface area contributed by atoms with Crippen molar-refractivity contribution in [3.63, 3.8) is 0 Å². The highest BCUT2D eigenvalue weighted by atomic mass is 16.5. The number of aryl methyl sites for hydroxylation is 1. The summed E-state index contributed by atoms with van der Waals surface area (Å²) in [6, 6.07) is 13.0. The molecule has 3 rings (SSSR count). The number of rotatable bonds is 12. The van der Waals surface area contributed by atoms with Gasteiger partial charge in [0.1, 0.15) is 11.8 Å². The normalized spacial score (nSPS) is 14.3. The molecule has 7 nitrogen and oxygen atoms in total. The summed E-state index contributed by atoms with van der Waals surface area (Å²) in [5, 5.41) is 3.19. The summed E-state index contributed by atoms with van der Waals surface area (Å²) >= 11 is 0. The van der Waals surface area contributed by atoms with E-state index in [0.717, 1.165) is 42.6 Å². The van der Waals surface area contributed by atoms with E-state index in [9.17, 15) is 9.59 Å². The first-order valence-corrected chi connectivity index (χ1v) is 12.4. The van der Waals surface area contributed by atoms with Gasteiger partial charge in [0, 0.05) is 19.0 Å². The van der Waals surface area contributed by atoms with Gasteiger partial charge in [-0.25, -0.2) is 0 Å². The van der Waals surface area contributed by atoms with Crippen molar-refractivity contribution >= 4 is 11.8 Å². The molecule has 0 saturated heterocycles. The molecule has 1 fully saturated rings. The predicted molar refractivity (Wildman–Crippen MR) is 136 cm³/mol. The minimum Gasteiger partial charge on any atom is -0.497 e. The van der Waals surface area contributed by atoms with Crippen molar-refractivity contribution < 1.29 is 23.8 Å². The molecule has 2 aromatic rings. The Morgan fingerprint density at radius 1 is 0.971 bits per heavy atom. The second-order valence-corrected chi connectivity index (χ2v) is 8.98. The largest absolute Gasteiger partial charge is 0.497 e. The Bertz CT molecular complexity index is 987. The zero-order valence-corrected chi connectivity index (χ0v) is 21.3. The molecule has 1 aliphatic carbocycles. The number of nitrogens with zero attached hydrogens (tertiary/aromatic N) is 1. The lowest BCUT2D eigenvalue weighted by Crippen LogP contribution is -2.51. The van der Waals surface area contributed by atoms with Crippen LogP contribution in [-0.2, 0) is 22.6 Å². The summed E-state index contributed by atoms with van der Waals surface area (Å²) in [5.74, 6) is 1.88. The predicted octanol–water partition coefficient (Wildman–Crippen LogP) is 4.51. The lowest BCUT2D eigenvalue weighted by Gasteiger charge is -2.31. The minimum atomic E-state index is -0.528. The van der Waals surface area contributed by atoms with Crippen molar-refractivity contribution in [1.29, 1.82) is 0 Å². The average molecular weight is 483 g/mol. The number of carbonyl (C=O) groups is 2. The van der Waals surface area contributed by atoms with Gasteiger partial charge in [-0.1, -0.05) is 38.0 Å². The highest BCUT2D eigenvalue weighted by Gasteiger charge is 2.30. The van der Waals surface area contributed by atoms with E-state index in [4.69, 9.17) is 14.2 Å². The van der Waals surface area contributed by atoms with E-state index in [2.05, 4.69) is 5.32 Å². The Balaban J connectivity index is 1.78. The van der Waals surface area contributed by atoms with E-state index in [1.165, 1.54) is 0 Å². The van der Waals surface area contributed by atoms with E-state index < -0.39 is 6.04 Å². The maximum atomic E-state index is 13.6. The molecule has 0 aromatic heterocycles. The molecule has 1 atom stereocenters.